The smallest absolute Gasteiger partial charge is 0.214 e. The van der Waals surface area contributed by atoms with Crippen molar-refractivity contribution in [2.24, 2.45) is 0 Å². The van der Waals surface area contributed by atoms with E-state index in [9.17, 15) is 4.79 Å². The molecule has 0 aliphatic carbocycles. The van der Waals surface area contributed by atoms with Crippen LogP contribution in [0.15, 0.2) is 12.3 Å². The van der Waals surface area contributed by atoms with Crippen molar-refractivity contribution in [3.05, 3.63) is 22.6 Å². The minimum atomic E-state index is 0.370. The van der Waals surface area contributed by atoms with E-state index in [1.54, 1.807) is 23.8 Å². The first-order chi connectivity index (χ1) is 8.15. The Morgan fingerprint density at radius 3 is 2.76 bits per heavy atom. The number of aldehydes is 1. The van der Waals surface area contributed by atoms with Crippen molar-refractivity contribution in [2.45, 2.75) is 20.3 Å². The van der Waals surface area contributed by atoms with Crippen molar-refractivity contribution >= 4 is 29.8 Å². The van der Waals surface area contributed by atoms with Gasteiger partial charge in [-0.2, -0.15) is 4.98 Å². The molecule has 17 heavy (non-hydrogen) atoms. The van der Waals surface area contributed by atoms with Gasteiger partial charge >= 0.3 is 0 Å². The van der Waals surface area contributed by atoms with Crippen LogP contribution in [-0.2, 0) is 0 Å². The Hall–Kier alpha value is -1.69. The fraction of sp³-hybridized carbons (Fsp3) is 0.364. The second-order valence-electron chi connectivity index (χ2n) is 3.48. The van der Waals surface area contributed by atoms with E-state index in [0.29, 0.717) is 16.2 Å². The maximum absolute atomic E-state index is 10.6. The quantitative estimate of drug-likeness (QED) is 0.637. The van der Waals surface area contributed by atoms with Crippen LogP contribution in [0, 0.1) is 4.77 Å². The topological polar surface area (TPSA) is 62.2 Å². The van der Waals surface area contributed by atoms with Gasteiger partial charge in [0.1, 0.15) is 5.52 Å². The number of carbonyl (C=O) groups excluding carboxylic acids is 1. The Morgan fingerprint density at radius 2 is 2.24 bits per heavy atom. The van der Waals surface area contributed by atoms with Crippen LogP contribution in [0.5, 0.6) is 0 Å². The summed E-state index contributed by atoms with van der Waals surface area (Å²) in [5, 5.41) is 5.75. The predicted octanol–water partition coefficient (Wildman–Crippen LogP) is 2.66. The molecule has 92 valence electrons. The van der Waals surface area contributed by atoms with Gasteiger partial charge in [0.2, 0.25) is 4.77 Å². The molecule has 0 bridgehead atoms. The van der Waals surface area contributed by atoms with Crippen molar-refractivity contribution in [1.82, 2.24) is 14.6 Å². The third-order valence-corrected chi connectivity index (χ3v) is 2.07. The fourth-order valence-corrected chi connectivity index (χ4v) is 1.48. The molecule has 2 aromatic heterocycles. The fourth-order valence-electron chi connectivity index (χ4n) is 1.29. The average molecular weight is 252 g/mol. The number of nitrogens with zero attached hydrogens (tertiary/aromatic N) is 2. The average Bonchev–Trinajstić information content (AvgIpc) is 2.71. The molecule has 2 heterocycles. The normalized spacial score (nSPS) is 9.59. The van der Waals surface area contributed by atoms with Crippen molar-refractivity contribution in [3.8, 4) is 0 Å². The van der Waals surface area contributed by atoms with Gasteiger partial charge in [-0.25, -0.2) is 0 Å². The Bertz CT molecular complexity index is 558. The van der Waals surface area contributed by atoms with E-state index >= 15 is 0 Å². The molecular formula is C11H16N4OS. The second kappa shape index (κ2) is 6.15. The zero-order valence-corrected chi connectivity index (χ0v) is 11.0. The SMILES string of the molecule is CCC.CNc1nc(=S)[nH]n2cc(C=O)cc12. The summed E-state index contributed by atoms with van der Waals surface area (Å²) in [5.74, 6) is 0.654. The largest absolute Gasteiger partial charge is 0.371 e. The lowest BCUT2D eigenvalue weighted by atomic mass is 10.3. The van der Waals surface area contributed by atoms with Gasteiger partial charge in [0, 0.05) is 18.8 Å². The minimum absolute atomic E-state index is 0.370. The highest BCUT2D eigenvalue weighted by Gasteiger charge is 2.04. The Labute approximate surface area is 105 Å². The highest BCUT2D eigenvalue weighted by Crippen LogP contribution is 2.14. The summed E-state index contributed by atoms with van der Waals surface area (Å²) in [6.45, 7) is 4.25. The molecule has 5 nitrogen and oxygen atoms in total. The number of hydrogen-bond donors (Lipinski definition) is 2. The van der Waals surface area contributed by atoms with Gasteiger partial charge in [0.25, 0.3) is 0 Å². The zero-order valence-electron chi connectivity index (χ0n) is 10.2. The Kier molecular flexibility index (Phi) is 4.84. The molecule has 2 rings (SSSR count). The van der Waals surface area contributed by atoms with E-state index in [2.05, 4.69) is 29.2 Å². The molecule has 0 aromatic carbocycles. The monoisotopic (exact) mass is 252 g/mol. The van der Waals surface area contributed by atoms with Gasteiger partial charge in [-0.05, 0) is 18.3 Å². The molecule has 0 unspecified atom stereocenters. The Morgan fingerprint density at radius 1 is 1.59 bits per heavy atom. The van der Waals surface area contributed by atoms with Gasteiger partial charge in [0.05, 0.1) is 0 Å². The van der Waals surface area contributed by atoms with Crippen molar-refractivity contribution in [2.75, 3.05) is 12.4 Å². The Balaban J connectivity index is 0.000000437. The summed E-state index contributed by atoms with van der Waals surface area (Å²) in [6.07, 6.45) is 3.70. The van der Waals surface area contributed by atoms with Gasteiger partial charge in [-0.1, -0.05) is 20.3 Å². The predicted molar refractivity (Wildman–Crippen MR) is 71.3 cm³/mol. The molecule has 2 N–H and O–H groups in total. The van der Waals surface area contributed by atoms with E-state index in [1.165, 1.54) is 6.42 Å². The summed E-state index contributed by atoms with van der Waals surface area (Å²) < 4.78 is 2.04. The molecule has 0 aliphatic heterocycles. The first-order valence-electron chi connectivity index (χ1n) is 5.41. The van der Waals surface area contributed by atoms with Crippen LogP contribution in [0.3, 0.4) is 0 Å². The summed E-state index contributed by atoms with van der Waals surface area (Å²) in [6, 6.07) is 1.73. The molecule has 0 radical (unpaired) electrons. The first kappa shape index (κ1) is 13.4. The van der Waals surface area contributed by atoms with Crippen LogP contribution >= 0.6 is 12.2 Å². The summed E-state index contributed by atoms with van der Waals surface area (Å²) >= 11 is 4.92. The van der Waals surface area contributed by atoms with Crippen LogP contribution in [0.2, 0.25) is 0 Å². The maximum Gasteiger partial charge on any atom is 0.214 e. The van der Waals surface area contributed by atoms with Gasteiger partial charge in [-0.3, -0.25) is 14.4 Å². The molecule has 0 saturated carbocycles. The lowest BCUT2D eigenvalue weighted by molar-refractivity contribution is 0.112. The lowest BCUT2D eigenvalue weighted by Crippen LogP contribution is -1.99. The number of rotatable bonds is 2. The van der Waals surface area contributed by atoms with Crippen LogP contribution in [0.25, 0.3) is 5.52 Å². The van der Waals surface area contributed by atoms with E-state index in [0.717, 1.165) is 11.8 Å². The number of hydrogen-bond acceptors (Lipinski definition) is 4. The van der Waals surface area contributed by atoms with Crippen LogP contribution < -0.4 is 5.32 Å². The van der Waals surface area contributed by atoms with Crippen LogP contribution in [0.1, 0.15) is 30.6 Å². The lowest BCUT2D eigenvalue weighted by Gasteiger charge is -2.01. The number of fused-ring (bicyclic) bond motifs is 1. The van der Waals surface area contributed by atoms with Crippen LogP contribution in [0.4, 0.5) is 5.82 Å². The summed E-state index contributed by atoms with van der Waals surface area (Å²) in [4.78, 5) is 14.6. The van der Waals surface area contributed by atoms with Crippen molar-refractivity contribution in [3.63, 3.8) is 0 Å². The highest BCUT2D eigenvalue weighted by molar-refractivity contribution is 7.71. The molecule has 6 heteroatoms. The number of aromatic amines is 1. The van der Waals surface area contributed by atoms with E-state index in [4.69, 9.17) is 12.2 Å². The maximum atomic E-state index is 10.6. The number of nitrogens with one attached hydrogen (secondary N) is 2. The zero-order chi connectivity index (χ0) is 12.8. The van der Waals surface area contributed by atoms with Gasteiger partial charge in [0.15, 0.2) is 12.1 Å². The third kappa shape index (κ3) is 3.13. The summed E-state index contributed by atoms with van der Waals surface area (Å²) in [5.41, 5.74) is 1.38. The molecule has 0 spiro atoms. The molecule has 0 amide bonds. The van der Waals surface area contributed by atoms with E-state index in [-0.39, 0.29) is 0 Å². The van der Waals surface area contributed by atoms with E-state index in [1.807, 2.05) is 0 Å². The minimum Gasteiger partial charge on any atom is -0.371 e. The molecule has 0 aliphatic rings. The molecule has 0 fully saturated rings. The molecule has 0 atom stereocenters. The van der Waals surface area contributed by atoms with Crippen LogP contribution in [-0.4, -0.2) is 27.9 Å². The number of anilines is 1. The first-order valence-corrected chi connectivity index (χ1v) is 5.82. The summed E-state index contributed by atoms with van der Waals surface area (Å²) in [7, 11) is 1.75. The third-order valence-electron chi connectivity index (χ3n) is 1.89. The molecule has 2 aromatic rings. The number of H-pyrrole nitrogens is 1. The van der Waals surface area contributed by atoms with E-state index < -0.39 is 0 Å². The number of aromatic nitrogens is 3. The van der Waals surface area contributed by atoms with Gasteiger partial charge in [-0.15, -0.1) is 0 Å². The second-order valence-corrected chi connectivity index (χ2v) is 3.87. The number of carbonyl (C=O) groups is 1. The highest BCUT2D eigenvalue weighted by atomic mass is 32.1. The molecule has 0 saturated heterocycles. The molecular weight excluding hydrogens is 236 g/mol. The van der Waals surface area contributed by atoms with Crippen molar-refractivity contribution < 1.29 is 4.79 Å². The standard InChI is InChI=1S/C8H8N4OS.C3H8/c1-9-7-6-2-5(4-13)3-12(6)11-8(14)10-7;1-3-2/h2-4H,1H3,(H2,9,10,11,14);3H2,1-2H3. The van der Waals surface area contributed by atoms with Gasteiger partial charge < -0.3 is 5.32 Å². The van der Waals surface area contributed by atoms with Crippen molar-refractivity contribution in [1.29, 1.82) is 0 Å².